The van der Waals surface area contributed by atoms with Crippen LogP contribution in [0.2, 0.25) is 0 Å². The van der Waals surface area contributed by atoms with Crippen molar-refractivity contribution >= 4 is 0 Å². The SMILES string of the molecule is [2H][W][F].[Y].[Y].[Y].[Y]. The standard InChI is InChI=1S/FH.W.4Y.H/h1H;;;;;;/q;+1;;;;;/p-1/i;;;;;;1+1. The molecule has 26 valence electrons. The maximum Gasteiger partial charge on any atom is 0 e. The average molecular weight is 560 g/mol. The summed E-state index contributed by atoms with van der Waals surface area (Å²) in [5, 5.41) is 0. The Morgan fingerprint density at radius 2 is 1.17 bits per heavy atom. The molecule has 0 fully saturated rings. The van der Waals surface area contributed by atoms with Crippen LogP contribution in [0.25, 0.3) is 0 Å². The van der Waals surface area contributed by atoms with Gasteiger partial charge in [0.2, 0.25) is 0 Å². The Morgan fingerprint density at radius 1 is 1.17 bits per heavy atom. The first-order chi connectivity index (χ1) is 1.41. The molecule has 4 radical (unpaired) electrons. The van der Waals surface area contributed by atoms with E-state index in [1.807, 2.05) is 0 Å². The molecule has 0 aromatic carbocycles. The third-order valence-corrected chi connectivity index (χ3v) is 0. The van der Waals surface area contributed by atoms with E-state index < -0.39 is 20.2 Å². The summed E-state index contributed by atoms with van der Waals surface area (Å²) in [5.41, 5.74) is 0. The Hall–Kier alpha value is 5.03. The first-order valence-corrected chi connectivity index (χ1v) is 1.26. The number of rotatable bonds is 0. The van der Waals surface area contributed by atoms with Crippen molar-refractivity contribution in [2.45, 2.75) is 0 Å². The van der Waals surface area contributed by atoms with Gasteiger partial charge in [-0.05, 0) is 0 Å². The van der Waals surface area contributed by atoms with E-state index in [2.05, 4.69) is 0 Å². The van der Waals surface area contributed by atoms with Gasteiger partial charge in [-0.2, -0.15) is 0 Å². The molecule has 0 atom stereocenters. The van der Waals surface area contributed by atoms with Crippen molar-refractivity contribution in [3.63, 3.8) is 0 Å². The maximum absolute atomic E-state index is 10.1. The van der Waals surface area contributed by atoms with Crippen LogP contribution in [0.3, 0.4) is 0 Å². The molecule has 0 aliphatic heterocycles. The quantitative estimate of drug-likeness (QED) is 0.396. The average Bonchev–Trinajstić information content (AvgIpc) is 0.918. The molecule has 0 aromatic rings. The molecule has 0 rings (SSSR count). The maximum atomic E-state index is 10.1. The van der Waals surface area contributed by atoms with Crippen molar-refractivity contribution < 1.29 is 154 Å². The molecule has 0 bridgehead atoms. The fourth-order valence-electron chi connectivity index (χ4n) is 0. The van der Waals surface area contributed by atoms with Gasteiger partial charge in [0.1, 0.15) is 0 Å². The van der Waals surface area contributed by atoms with Crippen LogP contribution in [-0.4, -0.2) is 0.749 Å². The van der Waals surface area contributed by atoms with Crippen LogP contribution in [0, 0.1) is 0 Å². The molecule has 0 saturated heterocycles. The van der Waals surface area contributed by atoms with Gasteiger partial charge in [0.25, 0.3) is 0 Å². The van der Waals surface area contributed by atoms with E-state index >= 15 is 0 Å². The normalized spacial score (nSPS) is 3.17. The minimum absolute atomic E-state index is 0. The summed E-state index contributed by atoms with van der Waals surface area (Å²) in [7, 11) is 0. The summed E-state index contributed by atoms with van der Waals surface area (Å²) < 4.78 is 15.8. The van der Waals surface area contributed by atoms with Crippen molar-refractivity contribution in [2.75, 3.05) is 0 Å². The summed E-state index contributed by atoms with van der Waals surface area (Å²) in [6.45, 7) is 0. The predicted molar refractivity (Wildman–Crippen MR) is 2.50 cm³/mol. The van der Waals surface area contributed by atoms with Crippen LogP contribution in [0.5, 0.6) is 0 Å². The third-order valence-electron chi connectivity index (χ3n) is 0. The zero-order chi connectivity index (χ0) is 2.71. The van der Waals surface area contributed by atoms with Crippen molar-refractivity contribution in [2.24, 2.45) is 0 Å². The van der Waals surface area contributed by atoms with Gasteiger partial charge in [0.05, 0.1) is 0 Å². The molecule has 0 nitrogen and oxygen atoms in total. The summed E-state index contributed by atoms with van der Waals surface area (Å²) in [5.74, 6) is 0. The molecule has 0 aliphatic carbocycles. The van der Waals surface area contributed by atoms with Gasteiger partial charge in [0, 0.05) is 131 Å². The van der Waals surface area contributed by atoms with Gasteiger partial charge < -0.3 is 0 Å². The molecule has 0 unspecified atom stereocenters. The number of hydrogen-bond acceptors (Lipinski definition) is 0. The zero-order valence-electron chi connectivity index (χ0n) is 4.10. The topological polar surface area (TPSA) is 0 Å². The second-order valence-corrected chi connectivity index (χ2v) is 0. The van der Waals surface area contributed by atoms with Gasteiger partial charge in [-0.25, -0.2) is 0 Å². The summed E-state index contributed by atoms with van der Waals surface area (Å²) in [4.78, 5) is 0. The molecule has 6 heteroatoms. The second kappa shape index (κ2) is 32.3. The van der Waals surface area contributed by atoms with E-state index in [-0.39, 0.29) is 131 Å². The third kappa shape index (κ3) is 23.0. The molecule has 0 aromatic heterocycles. The van der Waals surface area contributed by atoms with E-state index in [1.54, 1.807) is 0 Å². The van der Waals surface area contributed by atoms with Crippen molar-refractivity contribution in [1.29, 1.82) is 0.749 Å². The molecule has 0 aliphatic rings. The Balaban J connectivity index is -0.00000000333. The van der Waals surface area contributed by atoms with Crippen LogP contribution >= 0.6 is 0 Å². The zero-order valence-corrected chi connectivity index (χ0v) is 17.4. The molecule has 6 heavy (non-hydrogen) atoms. The summed E-state index contributed by atoms with van der Waals surface area (Å²) in [6, 6.07) is 0. The van der Waals surface area contributed by atoms with E-state index in [0.29, 0.717) is 0 Å². The van der Waals surface area contributed by atoms with E-state index in [1.165, 1.54) is 0 Å². The van der Waals surface area contributed by atoms with Gasteiger partial charge >= 0.3 is 24.1 Å². The number of halogens is 1. The van der Waals surface area contributed by atoms with Crippen molar-refractivity contribution in [3.05, 3.63) is 0 Å². The second-order valence-electron chi connectivity index (χ2n) is 0. The Morgan fingerprint density at radius 3 is 1.17 bits per heavy atom. The van der Waals surface area contributed by atoms with E-state index in [0.717, 1.165) is 0 Å². The first kappa shape index (κ1) is 22.5. The van der Waals surface area contributed by atoms with Crippen LogP contribution in [0.1, 0.15) is 0 Å². The van der Waals surface area contributed by atoms with Gasteiger partial charge in [-0.1, -0.05) is 0 Å². The largest absolute Gasteiger partial charge is 0 e. The Bertz CT molecular complexity index is 11.7. The van der Waals surface area contributed by atoms with Crippen LogP contribution in [0.4, 0.5) is 3.16 Å². The monoisotopic (exact) mass is 561 g/mol. The molecular formula is HFWY4. The molecular weight excluding hydrogens is 558 g/mol. The van der Waals surface area contributed by atoms with Crippen molar-refractivity contribution in [3.8, 4) is 0 Å². The van der Waals surface area contributed by atoms with E-state index in [4.69, 9.17) is 0.749 Å². The van der Waals surface area contributed by atoms with Crippen molar-refractivity contribution in [1.82, 2.24) is 0 Å². The fourth-order valence-corrected chi connectivity index (χ4v) is 0. The smallest absolute Gasteiger partial charge is 0 e. The Kier molecular flexibility index (Phi) is 121. The fraction of sp³-hybridized carbons (Fsp3) is 0. The molecule has 0 saturated carbocycles. The number of hydrogen-bond donors (Lipinski definition) is 0. The summed E-state index contributed by atoms with van der Waals surface area (Å²) in [6.07, 6.45) is 0. The van der Waals surface area contributed by atoms with E-state index in [9.17, 15) is 3.16 Å². The minimum Gasteiger partial charge on any atom is 0 e. The molecule has 0 amide bonds. The summed E-state index contributed by atoms with van der Waals surface area (Å²) >= 11 is -2.00. The molecule has 0 spiro atoms. The van der Waals surface area contributed by atoms with Crippen LogP contribution in [-0.2, 0) is 151 Å². The predicted octanol–water partition coefficient (Wildman–Crippen LogP) is 0.140. The minimum atomic E-state index is -2.00. The van der Waals surface area contributed by atoms with Gasteiger partial charge in [0.15, 0.2) is 0 Å². The first-order valence-electron chi connectivity index (χ1n) is 0.563. The van der Waals surface area contributed by atoms with Gasteiger partial charge in [-0.15, -0.1) is 0 Å². The molecule has 0 heterocycles. The van der Waals surface area contributed by atoms with Crippen LogP contribution < -0.4 is 0 Å². The van der Waals surface area contributed by atoms with Gasteiger partial charge in [-0.3, -0.25) is 0 Å². The molecule has 0 N–H and O–H groups in total. The Labute approximate surface area is 150 Å². The van der Waals surface area contributed by atoms with Crippen LogP contribution in [0.15, 0.2) is 0 Å².